The van der Waals surface area contributed by atoms with Gasteiger partial charge < -0.3 is 10.0 Å². The van der Waals surface area contributed by atoms with Gasteiger partial charge in [-0.1, -0.05) is 47.6 Å². The Balaban J connectivity index is 2.79. The zero-order valence-corrected chi connectivity index (χ0v) is 22.0. The summed E-state index contributed by atoms with van der Waals surface area (Å²) in [6.45, 7) is 11.7. The van der Waals surface area contributed by atoms with Crippen LogP contribution in [0.2, 0.25) is 0 Å². The third-order valence-corrected chi connectivity index (χ3v) is 7.37. The molecule has 2 aromatic rings. The number of amides is 1. The standard InChI is InChI=1S/C27H34N2O4S/c1-26(2,3)21-16-19(17-22(24(21)30)27(4,5)6)23(10-9-15-28)34(32,33)20-13-11-18(12-14-20)25(31)29(7)8/h10-14,16-17,30H,9H2,1-8H3/b23-10-. The van der Waals surface area contributed by atoms with Crippen molar-refractivity contribution in [2.24, 2.45) is 0 Å². The summed E-state index contributed by atoms with van der Waals surface area (Å²) in [6.07, 6.45) is 1.31. The van der Waals surface area contributed by atoms with E-state index in [-0.39, 0.29) is 27.9 Å². The molecule has 0 heterocycles. The fourth-order valence-corrected chi connectivity index (χ4v) is 5.08. The van der Waals surface area contributed by atoms with Gasteiger partial charge in [0.25, 0.3) is 5.91 Å². The molecule has 0 aliphatic heterocycles. The second-order valence-electron chi connectivity index (χ2n) is 10.6. The molecule has 2 aromatic carbocycles. The van der Waals surface area contributed by atoms with Crippen molar-refractivity contribution in [3.05, 3.63) is 64.7 Å². The highest BCUT2D eigenvalue weighted by atomic mass is 32.2. The topological polar surface area (TPSA) is 98.5 Å². The maximum Gasteiger partial charge on any atom is 0.253 e. The van der Waals surface area contributed by atoms with Crippen molar-refractivity contribution >= 4 is 20.6 Å². The third kappa shape index (κ3) is 5.68. The van der Waals surface area contributed by atoms with Gasteiger partial charge in [0.2, 0.25) is 9.84 Å². The molecule has 1 amide bonds. The van der Waals surface area contributed by atoms with Crippen molar-refractivity contribution in [3.63, 3.8) is 0 Å². The third-order valence-electron chi connectivity index (χ3n) is 5.50. The van der Waals surface area contributed by atoms with E-state index in [9.17, 15) is 23.6 Å². The maximum atomic E-state index is 13.7. The Morgan fingerprint density at radius 2 is 1.44 bits per heavy atom. The van der Waals surface area contributed by atoms with E-state index in [1.54, 1.807) is 26.2 Å². The number of sulfone groups is 1. The van der Waals surface area contributed by atoms with Crippen LogP contribution in [0.3, 0.4) is 0 Å². The number of carbonyl (C=O) groups excluding carboxylic acids is 1. The molecule has 34 heavy (non-hydrogen) atoms. The molecule has 0 aliphatic rings. The fraction of sp³-hybridized carbons (Fsp3) is 0.407. The van der Waals surface area contributed by atoms with Gasteiger partial charge in [-0.2, -0.15) is 5.26 Å². The minimum atomic E-state index is -4.02. The molecular weight excluding hydrogens is 448 g/mol. The number of aromatic hydroxyl groups is 1. The molecule has 182 valence electrons. The van der Waals surface area contributed by atoms with Crippen LogP contribution in [0.1, 0.15) is 75.0 Å². The summed E-state index contributed by atoms with van der Waals surface area (Å²) in [5, 5.41) is 20.2. The van der Waals surface area contributed by atoms with E-state index in [1.165, 1.54) is 35.2 Å². The molecule has 0 unspecified atom stereocenters. The minimum Gasteiger partial charge on any atom is -0.507 e. The molecule has 6 nitrogen and oxygen atoms in total. The monoisotopic (exact) mass is 482 g/mol. The average Bonchev–Trinajstić information content (AvgIpc) is 2.72. The first kappa shape index (κ1) is 27.1. The zero-order chi connectivity index (χ0) is 26.1. The molecule has 2 rings (SSSR count). The summed E-state index contributed by atoms with van der Waals surface area (Å²) in [5.74, 6) is -0.0836. The minimum absolute atomic E-state index is 0.00302. The Bertz CT molecular complexity index is 1220. The van der Waals surface area contributed by atoms with Gasteiger partial charge in [-0.25, -0.2) is 8.42 Å². The molecule has 0 spiro atoms. The maximum absolute atomic E-state index is 13.7. The summed E-state index contributed by atoms with van der Waals surface area (Å²) in [6, 6.07) is 11.1. The van der Waals surface area contributed by atoms with Gasteiger partial charge in [-0.15, -0.1) is 0 Å². The van der Waals surface area contributed by atoms with Crippen molar-refractivity contribution in [2.75, 3.05) is 14.1 Å². The average molecular weight is 483 g/mol. The molecule has 0 saturated carbocycles. The summed E-state index contributed by atoms with van der Waals surface area (Å²) in [5.41, 5.74) is 1.15. The molecule has 0 saturated heterocycles. The van der Waals surface area contributed by atoms with Crippen molar-refractivity contribution in [1.82, 2.24) is 4.90 Å². The van der Waals surface area contributed by atoms with Gasteiger partial charge in [0.15, 0.2) is 0 Å². The zero-order valence-electron chi connectivity index (χ0n) is 21.2. The number of hydrogen-bond acceptors (Lipinski definition) is 5. The second kappa shape index (κ2) is 9.63. The van der Waals surface area contributed by atoms with E-state index in [2.05, 4.69) is 0 Å². The molecule has 0 aromatic heterocycles. The van der Waals surface area contributed by atoms with Crippen LogP contribution in [0.5, 0.6) is 5.75 Å². The number of phenols is 1. The Morgan fingerprint density at radius 1 is 0.971 bits per heavy atom. The van der Waals surface area contributed by atoms with Gasteiger partial charge in [0.05, 0.1) is 22.3 Å². The van der Waals surface area contributed by atoms with Crippen molar-refractivity contribution in [3.8, 4) is 11.8 Å². The number of rotatable bonds is 5. The normalized spacial score (nSPS) is 12.9. The van der Waals surface area contributed by atoms with Gasteiger partial charge in [0.1, 0.15) is 5.75 Å². The number of phenolic OH excluding ortho intramolecular Hbond substituents is 1. The van der Waals surface area contributed by atoms with Crippen LogP contribution in [0, 0.1) is 11.3 Å². The lowest BCUT2D eigenvalue weighted by Crippen LogP contribution is -2.21. The van der Waals surface area contributed by atoms with E-state index in [0.29, 0.717) is 22.3 Å². The first-order chi connectivity index (χ1) is 15.5. The first-order valence-corrected chi connectivity index (χ1v) is 12.5. The molecule has 0 bridgehead atoms. The molecule has 0 atom stereocenters. The highest BCUT2D eigenvalue weighted by molar-refractivity contribution is 8.00. The number of benzene rings is 2. The lowest BCUT2D eigenvalue weighted by atomic mass is 9.78. The van der Waals surface area contributed by atoms with Crippen LogP contribution >= 0.6 is 0 Å². The van der Waals surface area contributed by atoms with Crippen LogP contribution in [-0.2, 0) is 20.7 Å². The predicted molar refractivity (Wildman–Crippen MR) is 135 cm³/mol. The van der Waals surface area contributed by atoms with E-state index in [4.69, 9.17) is 0 Å². The SMILES string of the molecule is CN(C)C(=O)c1ccc(S(=O)(=O)/C(=C\CC#N)c2cc(C(C)(C)C)c(O)c(C(C)(C)C)c2)cc1. The molecule has 0 radical (unpaired) electrons. The van der Waals surface area contributed by atoms with E-state index >= 15 is 0 Å². The lowest BCUT2D eigenvalue weighted by Gasteiger charge is -2.28. The van der Waals surface area contributed by atoms with Gasteiger partial charge in [-0.05, 0) is 52.8 Å². The van der Waals surface area contributed by atoms with Gasteiger partial charge in [-0.3, -0.25) is 4.79 Å². The largest absolute Gasteiger partial charge is 0.507 e. The number of nitrogens with zero attached hydrogens (tertiary/aromatic N) is 2. The Labute approximate surface area is 203 Å². The van der Waals surface area contributed by atoms with Crippen molar-refractivity contribution in [1.29, 1.82) is 5.26 Å². The summed E-state index contributed by atoms with van der Waals surface area (Å²) in [4.78, 5) is 13.6. The first-order valence-electron chi connectivity index (χ1n) is 11.0. The summed E-state index contributed by atoms with van der Waals surface area (Å²) < 4.78 is 27.5. The van der Waals surface area contributed by atoms with E-state index in [0.717, 1.165) is 0 Å². The van der Waals surface area contributed by atoms with Crippen LogP contribution in [0.4, 0.5) is 0 Å². The number of allylic oxidation sites excluding steroid dienone is 1. The van der Waals surface area contributed by atoms with E-state index < -0.39 is 20.7 Å². The number of hydrogen-bond donors (Lipinski definition) is 1. The smallest absolute Gasteiger partial charge is 0.253 e. The molecule has 7 heteroatoms. The molecule has 0 aliphatic carbocycles. The van der Waals surface area contributed by atoms with E-state index in [1.807, 2.05) is 47.6 Å². The highest BCUT2D eigenvalue weighted by Crippen LogP contribution is 2.42. The van der Waals surface area contributed by atoms with Crippen LogP contribution in [0.15, 0.2) is 47.4 Å². The van der Waals surface area contributed by atoms with Crippen molar-refractivity contribution < 1.29 is 18.3 Å². The Kier molecular flexibility index (Phi) is 7.69. The number of nitriles is 1. The van der Waals surface area contributed by atoms with Crippen LogP contribution in [0.25, 0.3) is 4.91 Å². The Hall–Kier alpha value is -3.11. The summed E-state index contributed by atoms with van der Waals surface area (Å²) in [7, 11) is -0.773. The highest BCUT2D eigenvalue weighted by Gasteiger charge is 2.30. The quantitative estimate of drug-likeness (QED) is 0.614. The van der Waals surface area contributed by atoms with Crippen molar-refractivity contribution in [2.45, 2.75) is 63.7 Å². The predicted octanol–water partition coefficient (Wildman–Crippen LogP) is 5.42. The Morgan fingerprint density at radius 3 is 1.82 bits per heavy atom. The number of carbonyl (C=O) groups is 1. The lowest BCUT2D eigenvalue weighted by molar-refractivity contribution is 0.0827. The second-order valence-corrected chi connectivity index (χ2v) is 12.5. The van der Waals surface area contributed by atoms with Crippen LogP contribution < -0.4 is 0 Å². The van der Waals surface area contributed by atoms with Crippen LogP contribution in [-0.4, -0.2) is 38.4 Å². The molecule has 0 fully saturated rings. The summed E-state index contributed by atoms with van der Waals surface area (Å²) >= 11 is 0. The van der Waals surface area contributed by atoms with Gasteiger partial charge >= 0.3 is 0 Å². The van der Waals surface area contributed by atoms with Gasteiger partial charge in [0, 0.05) is 30.8 Å². The molecular formula is C27H34N2O4S. The molecule has 1 N–H and O–H groups in total. The fourth-order valence-electron chi connectivity index (χ4n) is 3.60.